The number of carbonyl (C=O) groups is 2. The second-order valence-corrected chi connectivity index (χ2v) is 9.07. The number of hydrogen-bond donors (Lipinski definition) is 3. The molecule has 1 aliphatic heterocycles. The normalized spacial score (nSPS) is 15.4. The summed E-state index contributed by atoms with van der Waals surface area (Å²) in [5, 5.41) is 18.9. The van der Waals surface area contributed by atoms with Gasteiger partial charge in [0.05, 0.1) is 5.56 Å². The molecule has 1 aromatic rings. The number of alkyl halides is 3. The first kappa shape index (κ1) is 28.6. The summed E-state index contributed by atoms with van der Waals surface area (Å²) >= 11 is 0. The molecule has 33 heavy (non-hydrogen) atoms. The molecule has 3 N–H and O–H groups in total. The first-order valence-electron chi connectivity index (χ1n) is 10.6. The van der Waals surface area contributed by atoms with E-state index in [2.05, 4.69) is 31.0 Å². The second kappa shape index (κ2) is 12.7. The first-order valence-corrected chi connectivity index (χ1v) is 10.6. The number of hydrogen-bond acceptors (Lipinski definition) is 4. The van der Waals surface area contributed by atoms with E-state index in [4.69, 9.17) is 10.2 Å². The molecule has 1 heterocycles. The van der Waals surface area contributed by atoms with E-state index < -0.39 is 29.5 Å². The van der Waals surface area contributed by atoms with Gasteiger partial charge in [0.25, 0.3) is 0 Å². The fourth-order valence-corrected chi connectivity index (χ4v) is 3.37. The van der Waals surface area contributed by atoms with Gasteiger partial charge >= 0.3 is 18.1 Å². The van der Waals surface area contributed by atoms with E-state index in [1.165, 1.54) is 0 Å². The number of carboxylic acids is 2. The van der Waals surface area contributed by atoms with E-state index >= 15 is 0 Å². The van der Waals surface area contributed by atoms with Gasteiger partial charge in [-0.15, -0.1) is 0 Å². The van der Waals surface area contributed by atoms with Crippen LogP contribution < -0.4 is 5.32 Å². The lowest BCUT2D eigenvalue weighted by Crippen LogP contribution is -2.44. The summed E-state index contributed by atoms with van der Waals surface area (Å²) in [5.74, 6) is -3.14. The molecule has 0 atom stereocenters. The Kier molecular flexibility index (Phi) is 11.0. The zero-order valence-electron chi connectivity index (χ0n) is 19.1. The molecule has 1 aliphatic rings. The fourth-order valence-electron chi connectivity index (χ4n) is 3.37. The zero-order valence-corrected chi connectivity index (χ0v) is 19.1. The van der Waals surface area contributed by atoms with E-state index in [1.807, 2.05) is 0 Å². The van der Waals surface area contributed by atoms with Crippen LogP contribution >= 0.6 is 0 Å². The Morgan fingerprint density at radius 2 is 1.64 bits per heavy atom. The highest BCUT2D eigenvalue weighted by atomic mass is 19.4. The third-order valence-electron chi connectivity index (χ3n) is 5.09. The lowest BCUT2D eigenvalue weighted by Gasteiger charge is -2.36. The Bertz CT molecular complexity index is 798. The minimum Gasteiger partial charge on any atom is -0.478 e. The molecule has 1 saturated heterocycles. The Labute approximate surface area is 191 Å². The van der Waals surface area contributed by atoms with Crippen LogP contribution in [0.5, 0.6) is 0 Å². The highest BCUT2D eigenvalue weighted by Gasteiger charge is 2.34. The molecule has 0 spiro atoms. The van der Waals surface area contributed by atoms with Gasteiger partial charge in [0.1, 0.15) is 5.82 Å². The molecule has 0 bridgehead atoms. The topological polar surface area (TPSA) is 89.9 Å². The Morgan fingerprint density at radius 1 is 1.09 bits per heavy atom. The summed E-state index contributed by atoms with van der Waals surface area (Å²) in [4.78, 5) is 21.2. The molecular weight excluding hydrogens is 444 g/mol. The van der Waals surface area contributed by atoms with Crippen molar-refractivity contribution in [1.82, 2.24) is 10.2 Å². The number of carboxylic acid groups (broad SMARTS) is 2. The number of nitrogens with zero attached hydrogens (tertiary/aromatic N) is 1. The van der Waals surface area contributed by atoms with Gasteiger partial charge in [0.2, 0.25) is 0 Å². The van der Waals surface area contributed by atoms with Crippen molar-refractivity contribution in [2.24, 2.45) is 5.41 Å². The summed E-state index contributed by atoms with van der Waals surface area (Å²) in [6.45, 7) is 8.94. The van der Waals surface area contributed by atoms with Crippen LogP contribution in [0.15, 0.2) is 30.4 Å². The van der Waals surface area contributed by atoms with E-state index in [-0.39, 0.29) is 23.6 Å². The molecule has 1 aromatic carbocycles. The Balaban J connectivity index is 0.000000582. The molecular formula is C23H32F4N2O4. The number of halogens is 4. The smallest absolute Gasteiger partial charge is 0.416 e. The van der Waals surface area contributed by atoms with Crippen molar-refractivity contribution in [2.75, 3.05) is 19.6 Å². The average molecular weight is 477 g/mol. The molecule has 0 aromatic heterocycles. The Hall–Kier alpha value is -2.46. The van der Waals surface area contributed by atoms with Gasteiger partial charge in [-0.25, -0.2) is 14.0 Å². The van der Waals surface area contributed by atoms with Gasteiger partial charge in [0, 0.05) is 24.7 Å². The number of piperidine rings is 1. The minimum atomic E-state index is -4.47. The van der Waals surface area contributed by atoms with Crippen molar-refractivity contribution in [2.45, 2.75) is 58.8 Å². The molecule has 0 radical (unpaired) electrons. The molecule has 6 nitrogen and oxygen atoms in total. The number of benzene rings is 1. The molecule has 1 fully saturated rings. The standard InChI is InChI=1S/C19H28F4N2.C4H4O4/c1-18(2,3)8-11-25(16-6-9-24-10-7-16)13-14-12-15(20)4-5-17(14)19(21,22)23;5-3(6)1-2-4(7)8/h4-5,12,16,24H,6-11,13H2,1-3H3;1-2H,(H,5,6)(H,7,8)/b;2-1+. The zero-order chi connectivity index (χ0) is 25.2. The molecule has 2 rings (SSSR count). The van der Waals surface area contributed by atoms with Crippen molar-refractivity contribution in [1.29, 1.82) is 0 Å². The summed E-state index contributed by atoms with van der Waals surface area (Å²) in [7, 11) is 0. The van der Waals surface area contributed by atoms with Gasteiger partial charge < -0.3 is 15.5 Å². The van der Waals surface area contributed by atoms with Crippen molar-refractivity contribution in [3.05, 3.63) is 47.3 Å². The van der Waals surface area contributed by atoms with Crippen LogP contribution in [-0.4, -0.2) is 52.7 Å². The summed E-state index contributed by atoms with van der Waals surface area (Å²) in [6, 6.07) is 3.01. The largest absolute Gasteiger partial charge is 0.478 e. The van der Waals surface area contributed by atoms with Crippen LogP contribution in [0.4, 0.5) is 17.6 Å². The molecule has 0 amide bonds. The van der Waals surface area contributed by atoms with Crippen LogP contribution in [0.25, 0.3) is 0 Å². The van der Waals surface area contributed by atoms with Crippen molar-refractivity contribution < 1.29 is 37.4 Å². The highest BCUT2D eigenvalue weighted by molar-refractivity contribution is 5.89. The summed E-state index contributed by atoms with van der Waals surface area (Å²) < 4.78 is 53.5. The van der Waals surface area contributed by atoms with Crippen LogP contribution in [0.3, 0.4) is 0 Å². The van der Waals surface area contributed by atoms with E-state index in [0.717, 1.165) is 50.6 Å². The average Bonchev–Trinajstić information content (AvgIpc) is 2.69. The number of rotatable bonds is 7. The monoisotopic (exact) mass is 476 g/mol. The second-order valence-electron chi connectivity index (χ2n) is 9.07. The predicted molar refractivity (Wildman–Crippen MR) is 116 cm³/mol. The lowest BCUT2D eigenvalue weighted by molar-refractivity contribution is -0.138. The maximum atomic E-state index is 13.6. The van der Waals surface area contributed by atoms with E-state index in [1.54, 1.807) is 0 Å². The third-order valence-corrected chi connectivity index (χ3v) is 5.09. The summed E-state index contributed by atoms with van der Waals surface area (Å²) in [6.07, 6.45) is -0.660. The van der Waals surface area contributed by atoms with Crippen molar-refractivity contribution in [3.8, 4) is 0 Å². The molecule has 0 unspecified atom stereocenters. The lowest BCUT2D eigenvalue weighted by atomic mass is 9.91. The Morgan fingerprint density at radius 3 is 2.09 bits per heavy atom. The van der Waals surface area contributed by atoms with Crippen LogP contribution in [0.1, 0.15) is 51.2 Å². The molecule has 0 aliphatic carbocycles. The fraction of sp³-hybridized carbons (Fsp3) is 0.565. The first-order chi connectivity index (χ1) is 15.2. The van der Waals surface area contributed by atoms with Crippen LogP contribution in [0, 0.1) is 11.2 Å². The van der Waals surface area contributed by atoms with E-state index in [9.17, 15) is 27.2 Å². The van der Waals surface area contributed by atoms with Crippen molar-refractivity contribution in [3.63, 3.8) is 0 Å². The van der Waals surface area contributed by atoms with Gasteiger partial charge in [0.15, 0.2) is 0 Å². The molecule has 0 saturated carbocycles. The number of nitrogens with one attached hydrogen (secondary N) is 1. The maximum absolute atomic E-state index is 13.6. The number of aliphatic carboxylic acids is 2. The van der Waals surface area contributed by atoms with Gasteiger partial charge in [-0.2, -0.15) is 13.2 Å². The van der Waals surface area contributed by atoms with Gasteiger partial charge in [-0.3, -0.25) is 4.90 Å². The highest BCUT2D eigenvalue weighted by Crippen LogP contribution is 2.34. The van der Waals surface area contributed by atoms with E-state index in [0.29, 0.717) is 18.7 Å². The third kappa shape index (κ3) is 11.8. The quantitative estimate of drug-likeness (QED) is 0.395. The van der Waals surface area contributed by atoms with Gasteiger partial charge in [-0.1, -0.05) is 20.8 Å². The van der Waals surface area contributed by atoms with Crippen molar-refractivity contribution >= 4 is 11.9 Å². The van der Waals surface area contributed by atoms with Gasteiger partial charge in [-0.05, 0) is 68.1 Å². The maximum Gasteiger partial charge on any atom is 0.416 e. The summed E-state index contributed by atoms with van der Waals surface area (Å²) in [5.41, 5.74) is -0.608. The molecule has 10 heteroatoms. The molecule has 186 valence electrons. The SMILES string of the molecule is CC(C)(C)CCN(Cc1cc(F)ccc1C(F)(F)F)C1CCNCC1.O=C(O)/C=C/C(=O)O. The predicted octanol–water partition coefficient (Wildman–Crippen LogP) is 4.55. The minimum absolute atomic E-state index is 0.0277. The van der Waals surface area contributed by atoms with Crippen LogP contribution in [-0.2, 0) is 22.3 Å². The van der Waals surface area contributed by atoms with Crippen LogP contribution in [0.2, 0.25) is 0 Å².